The van der Waals surface area contributed by atoms with Gasteiger partial charge < -0.3 is 11.1 Å². The zero-order chi connectivity index (χ0) is 16.6. The van der Waals surface area contributed by atoms with Gasteiger partial charge >= 0.3 is 6.18 Å². The van der Waals surface area contributed by atoms with Gasteiger partial charge in [-0.25, -0.2) is 0 Å². The van der Waals surface area contributed by atoms with E-state index in [9.17, 15) is 13.2 Å². The molecule has 7 heteroatoms. The van der Waals surface area contributed by atoms with Crippen molar-refractivity contribution < 1.29 is 13.2 Å². The van der Waals surface area contributed by atoms with E-state index < -0.39 is 12.7 Å². The molecular weight excluding hydrogens is 293 g/mol. The van der Waals surface area contributed by atoms with E-state index in [-0.39, 0.29) is 0 Å². The minimum absolute atomic E-state index is 0.455. The van der Waals surface area contributed by atoms with Gasteiger partial charge in [0.05, 0.1) is 6.54 Å². The number of hydrogen-bond acceptors (Lipinski definition) is 2. The van der Waals surface area contributed by atoms with Crippen molar-refractivity contribution in [3.05, 3.63) is 0 Å². The molecule has 0 atom stereocenters. The molecule has 0 spiro atoms. The Kier molecular flexibility index (Phi) is 8.00. The number of halogens is 3. The number of piperidine rings is 1. The van der Waals surface area contributed by atoms with E-state index in [1.54, 1.807) is 0 Å². The Labute approximate surface area is 131 Å². The summed E-state index contributed by atoms with van der Waals surface area (Å²) in [5, 5.41) is 3.08. The van der Waals surface area contributed by atoms with Gasteiger partial charge in [-0.3, -0.25) is 9.89 Å². The predicted octanol–water partition coefficient (Wildman–Crippen LogP) is 2.60. The van der Waals surface area contributed by atoms with Crippen LogP contribution in [-0.4, -0.2) is 49.8 Å². The van der Waals surface area contributed by atoms with Gasteiger partial charge in [0.2, 0.25) is 0 Å². The van der Waals surface area contributed by atoms with Gasteiger partial charge in [0.25, 0.3) is 0 Å². The van der Waals surface area contributed by atoms with Gasteiger partial charge in [-0.1, -0.05) is 13.8 Å². The Hall–Kier alpha value is -0.980. The molecule has 0 aliphatic carbocycles. The number of rotatable bonds is 7. The van der Waals surface area contributed by atoms with Crippen LogP contribution in [0.1, 0.15) is 39.5 Å². The SMILES string of the molecule is CC(C)CCNC(N)=NCCC1CCN(CC(F)(F)F)CC1. The molecule has 1 fully saturated rings. The molecule has 1 aliphatic heterocycles. The van der Waals surface area contributed by atoms with Crippen LogP contribution in [0.3, 0.4) is 0 Å². The summed E-state index contributed by atoms with van der Waals surface area (Å²) in [5.74, 6) is 1.55. The second kappa shape index (κ2) is 9.22. The summed E-state index contributed by atoms with van der Waals surface area (Å²) in [4.78, 5) is 5.77. The van der Waals surface area contributed by atoms with Crippen molar-refractivity contribution in [1.82, 2.24) is 10.2 Å². The number of nitrogens with zero attached hydrogens (tertiary/aromatic N) is 2. The first-order chi connectivity index (χ1) is 10.3. The second-order valence-electron chi connectivity index (χ2n) is 6.50. The average molecular weight is 322 g/mol. The van der Waals surface area contributed by atoms with Crippen LogP contribution in [0.25, 0.3) is 0 Å². The van der Waals surface area contributed by atoms with Crippen molar-refractivity contribution in [2.24, 2.45) is 22.6 Å². The van der Waals surface area contributed by atoms with Crippen molar-refractivity contribution in [2.45, 2.75) is 45.7 Å². The zero-order valence-corrected chi connectivity index (χ0v) is 13.6. The molecule has 0 saturated carbocycles. The van der Waals surface area contributed by atoms with Crippen LogP contribution in [0.4, 0.5) is 13.2 Å². The van der Waals surface area contributed by atoms with Gasteiger partial charge in [-0.05, 0) is 50.6 Å². The third-order valence-corrected chi connectivity index (χ3v) is 3.96. The van der Waals surface area contributed by atoms with Gasteiger partial charge in [0.1, 0.15) is 0 Å². The molecular formula is C15H29F3N4. The molecule has 0 bridgehead atoms. The summed E-state index contributed by atoms with van der Waals surface area (Å²) >= 11 is 0. The molecule has 0 aromatic carbocycles. The van der Waals surface area contributed by atoms with Crippen molar-refractivity contribution in [3.63, 3.8) is 0 Å². The lowest BCUT2D eigenvalue weighted by Gasteiger charge is -2.32. The topological polar surface area (TPSA) is 53.6 Å². The average Bonchev–Trinajstić information content (AvgIpc) is 2.38. The molecule has 0 unspecified atom stereocenters. The monoisotopic (exact) mass is 322 g/mol. The molecule has 0 amide bonds. The summed E-state index contributed by atoms with van der Waals surface area (Å²) < 4.78 is 36.9. The summed E-state index contributed by atoms with van der Waals surface area (Å²) in [7, 11) is 0. The molecule has 22 heavy (non-hydrogen) atoms. The van der Waals surface area contributed by atoms with Crippen LogP contribution >= 0.6 is 0 Å². The zero-order valence-electron chi connectivity index (χ0n) is 13.6. The van der Waals surface area contributed by atoms with Crippen molar-refractivity contribution >= 4 is 5.96 Å². The number of nitrogens with one attached hydrogen (secondary N) is 1. The van der Waals surface area contributed by atoms with Crippen LogP contribution < -0.4 is 11.1 Å². The quantitative estimate of drug-likeness (QED) is 0.559. The van der Waals surface area contributed by atoms with E-state index in [1.807, 2.05) is 0 Å². The molecule has 4 nitrogen and oxygen atoms in total. The van der Waals surface area contributed by atoms with Crippen molar-refractivity contribution in [3.8, 4) is 0 Å². The Balaban J connectivity index is 2.14. The maximum Gasteiger partial charge on any atom is 0.401 e. The van der Waals surface area contributed by atoms with E-state index in [2.05, 4.69) is 24.2 Å². The number of nitrogens with two attached hydrogens (primary N) is 1. The van der Waals surface area contributed by atoms with Crippen molar-refractivity contribution in [1.29, 1.82) is 0 Å². The Morgan fingerprint density at radius 3 is 2.50 bits per heavy atom. The fourth-order valence-corrected chi connectivity index (χ4v) is 2.60. The highest BCUT2D eigenvalue weighted by Gasteiger charge is 2.32. The first kappa shape index (κ1) is 19.1. The summed E-state index contributed by atoms with van der Waals surface area (Å²) in [5.41, 5.74) is 5.77. The van der Waals surface area contributed by atoms with Crippen LogP contribution in [-0.2, 0) is 0 Å². The normalized spacial score (nSPS) is 18.9. The number of likely N-dealkylation sites (tertiary alicyclic amines) is 1. The number of alkyl halides is 3. The maximum absolute atomic E-state index is 12.3. The third kappa shape index (κ3) is 9.12. The lowest BCUT2D eigenvalue weighted by molar-refractivity contribution is -0.148. The lowest BCUT2D eigenvalue weighted by atomic mass is 9.93. The highest BCUT2D eigenvalue weighted by atomic mass is 19.4. The molecule has 1 rings (SSSR count). The highest BCUT2D eigenvalue weighted by Crippen LogP contribution is 2.24. The van der Waals surface area contributed by atoms with Crippen LogP contribution in [0.2, 0.25) is 0 Å². The van der Waals surface area contributed by atoms with Crippen LogP contribution in [0, 0.1) is 11.8 Å². The predicted molar refractivity (Wildman–Crippen MR) is 83.8 cm³/mol. The fourth-order valence-electron chi connectivity index (χ4n) is 2.60. The standard InChI is InChI=1S/C15H29F3N4/c1-12(2)3-7-20-14(19)21-8-4-13-5-9-22(10-6-13)11-15(16,17)18/h12-13H,3-11H2,1-2H3,(H3,19,20,21). The molecule has 1 saturated heterocycles. The molecule has 130 valence electrons. The van der Waals surface area contributed by atoms with Crippen molar-refractivity contribution in [2.75, 3.05) is 32.7 Å². The maximum atomic E-state index is 12.3. The van der Waals surface area contributed by atoms with Gasteiger partial charge in [0, 0.05) is 13.1 Å². The Morgan fingerprint density at radius 2 is 1.95 bits per heavy atom. The molecule has 0 aromatic heterocycles. The van der Waals surface area contributed by atoms with Crippen LogP contribution in [0.5, 0.6) is 0 Å². The smallest absolute Gasteiger partial charge is 0.370 e. The van der Waals surface area contributed by atoms with Gasteiger partial charge in [-0.15, -0.1) is 0 Å². The number of aliphatic imine (C=N–C) groups is 1. The number of hydrogen-bond donors (Lipinski definition) is 2. The van der Waals surface area contributed by atoms with E-state index in [0.717, 1.165) is 32.2 Å². The molecule has 3 N–H and O–H groups in total. The number of guanidine groups is 1. The molecule has 0 aromatic rings. The van der Waals surface area contributed by atoms with Crippen LogP contribution in [0.15, 0.2) is 4.99 Å². The fraction of sp³-hybridized carbons (Fsp3) is 0.933. The minimum Gasteiger partial charge on any atom is -0.370 e. The third-order valence-electron chi connectivity index (χ3n) is 3.96. The first-order valence-corrected chi connectivity index (χ1v) is 8.09. The van der Waals surface area contributed by atoms with Gasteiger partial charge in [-0.2, -0.15) is 13.2 Å². The van der Waals surface area contributed by atoms with E-state index >= 15 is 0 Å². The van der Waals surface area contributed by atoms with Gasteiger partial charge in [0.15, 0.2) is 5.96 Å². The minimum atomic E-state index is -4.09. The largest absolute Gasteiger partial charge is 0.401 e. The summed E-state index contributed by atoms with van der Waals surface area (Å²) in [6, 6.07) is 0. The molecule has 1 heterocycles. The Morgan fingerprint density at radius 1 is 1.32 bits per heavy atom. The van der Waals surface area contributed by atoms with E-state index in [4.69, 9.17) is 5.73 Å². The summed E-state index contributed by atoms with van der Waals surface area (Å²) in [6.45, 7) is 6.03. The van der Waals surface area contributed by atoms with E-state index in [0.29, 0.717) is 37.4 Å². The first-order valence-electron chi connectivity index (χ1n) is 8.09. The highest BCUT2D eigenvalue weighted by molar-refractivity contribution is 5.77. The molecule has 1 aliphatic rings. The second-order valence-corrected chi connectivity index (χ2v) is 6.50. The lowest BCUT2D eigenvalue weighted by Crippen LogP contribution is -2.40. The van der Waals surface area contributed by atoms with E-state index in [1.165, 1.54) is 4.90 Å². The summed E-state index contributed by atoms with van der Waals surface area (Å²) in [6.07, 6.45) is -0.522. The Bertz CT molecular complexity index is 334. The molecule has 0 radical (unpaired) electrons.